The minimum Gasteiger partial charge on any atom is -0.378 e. The third-order valence-electron chi connectivity index (χ3n) is 8.27. The minimum absolute atomic E-state index is 0.0708. The maximum absolute atomic E-state index is 13.1. The minimum atomic E-state index is 0.0708. The molecule has 1 atom stereocenters. The standard InChI is InChI=1S/C24H31N3O2S/c1-15(24-12-16-8-17(13-24)10-18(9-16)14-24)25-22(28)19-2-3-20-21(11-19)30-23(26-20)27-4-6-29-7-5-27/h2-3,11,15-18H,4-10,12-14H2,1H3,(H,25,28)/t15-,16?,17?,18?,24?/m1/s1. The van der Waals surface area contributed by atoms with Crippen molar-refractivity contribution >= 4 is 32.6 Å². The van der Waals surface area contributed by atoms with E-state index in [-0.39, 0.29) is 11.9 Å². The van der Waals surface area contributed by atoms with Gasteiger partial charge in [-0.3, -0.25) is 4.79 Å². The Bertz CT molecular complexity index is 929. The number of anilines is 1. The summed E-state index contributed by atoms with van der Waals surface area (Å²) in [6, 6.07) is 6.21. The lowest BCUT2D eigenvalue weighted by Crippen LogP contribution is -2.55. The number of morpholine rings is 1. The molecule has 2 aromatic rings. The average Bonchev–Trinajstić information content (AvgIpc) is 3.17. The Morgan fingerprint density at radius 1 is 1.17 bits per heavy atom. The summed E-state index contributed by atoms with van der Waals surface area (Å²) in [5.74, 6) is 2.79. The van der Waals surface area contributed by atoms with Crippen molar-refractivity contribution in [2.24, 2.45) is 23.2 Å². The largest absolute Gasteiger partial charge is 0.378 e. The maximum Gasteiger partial charge on any atom is 0.251 e. The normalized spacial score (nSPS) is 33.8. The molecule has 1 amide bonds. The second kappa shape index (κ2) is 7.20. The van der Waals surface area contributed by atoms with Gasteiger partial charge in [0.25, 0.3) is 5.91 Å². The van der Waals surface area contributed by atoms with Crippen LogP contribution in [0.3, 0.4) is 0 Å². The van der Waals surface area contributed by atoms with Crippen molar-refractivity contribution in [3.05, 3.63) is 23.8 Å². The highest BCUT2D eigenvalue weighted by Gasteiger charge is 2.53. The molecule has 4 saturated carbocycles. The maximum atomic E-state index is 13.1. The van der Waals surface area contributed by atoms with Crippen LogP contribution in [0.4, 0.5) is 5.13 Å². The molecule has 2 heterocycles. The van der Waals surface area contributed by atoms with Crippen LogP contribution in [0.2, 0.25) is 0 Å². The number of hydrogen-bond donors (Lipinski definition) is 1. The van der Waals surface area contributed by atoms with Gasteiger partial charge < -0.3 is 15.0 Å². The van der Waals surface area contributed by atoms with Crippen LogP contribution >= 0.6 is 11.3 Å². The number of aromatic nitrogens is 1. The number of ether oxygens (including phenoxy) is 1. The number of amides is 1. The smallest absolute Gasteiger partial charge is 0.251 e. The molecule has 7 rings (SSSR count). The van der Waals surface area contributed by atoms with E-state index in [9.17, 15) is 4.79 Å². The van der Waals surface area contributed by atoms with E-state index in [0.717, 1.165) is 65.0 Å². The second-order valence-corrected chi connectivity index (χ2v) is 11.3. The fourth-order valence-electron chi connectivity index (χ4n) is 7.08. The number of rotatable bonds is 4. The first-order valence-electron chi connectivity index (χ1n) is 11.6. The van der Waals surface area contributed by atoms with Crippen LogP contribution in [0.5, 0.6) is 0 Å². The van der Waals surface area contributed by atoms with Gasteiger partial charge in [0, 0.05) is 24.7 Å². The molecule has 1 N–H and O–H groups in total. The number of nitrogens with zero attached hydrogens (tertiary/aromatic N) is 2. The van der Waals surface area contributed by atoms with Gasteiger partial charge in [-0.1, -0.05) is 11.3 Å². The molecule has 5 aliphatic rings. The van der Waals surface area contributed by atoms with Crippen molar-refractivity contribution in [3.63, 3.8) is 0 Å². The van der Waals surface area contributed by atoms with Crippen molar-refractivity contribution in [2.75, 3.05) is 31.2 Å². The summed E-state index contributed by atoms with van der Waals surface area (Å²) < 4.78 is 6.54. The van der Waals surface area contributed by atoms with E-state index in [2.05, 4.69) is 17.1 Å². The quantitative estimate of drug-likeness (QED) is 0.785. The van der Waals surface area contributed by atoms with Crippen LogP contribution in [0.15, 0.2) is 18.2 Å². The summed E-state index contributed by atoms with van der Waals surface area (Å²) in [7, 11) is 0. The Kier molecular flexibility index (Phi) is 4.57. The molecule has 6 heteroatoms. The van der Waals surface area contributed by atoms with Gasteiger partial charge in [-0.05, 0) is 86.8 Å². The number of benzene rings is 1. The Morgan fingerprint density at radius 2 is 1.83 bits per heavy atom. The molecule has 4 aliphatic carbocycles. The fourth-order valence-corrected chi connectivity index (χ4v) is 8.14. The monoisotopic (exact) mass is 425 g/mol. The highest BCUT2D eigenvalue weighted by atomic mass is 32.1. The molecular weight excluding hydrogens is 394 g/mol. The second-order valence-electron chi connectivity index (χ2n) is 10.3. The molecule has 4 bridgehead atoms. The molecule has 5 fully saturated rings. The van der Waals surface area contributed by atoms with E-state index < -0.39 is 0 Å². The molecule has 5 nitrogen and oxygen atoms in total. The summed E-state index contributed by atoms with van der Waals surface area (Å²) in [5.41, 5.74) is 2.08. The number of hydrogen-bond acceptors (Lipinski definition) is 5. The van der Waals surface area contributed by atoms with Gasteiger partial charge in [-0.2, -0.15) is 0 Å². The molecule has 160 valence electrons. The predicted octanol–water partition coefficient (Wildman–Crippen LogP) is 4.47. The van der Waals surface area contributed by atoms with Gasteiger partial charge in [0.1, 0.15) is 0 Å². The van der Waals surface area contributed by atoms with E-state index in [1.165, 1.54) is 38.5 Å². The molecular formula is C24H31N3O2S. The van der Waals surface area contributed by atoms with E-state index in [0.29, 0.717) is 5.41 Å². The zero-order valence-electron chi connectivity index (χ0n) is 17.7. The predicted molar refractivity (Wildman–Crippen MR) is 120 cm³/mol. The third kappa shape index (κ3) is 3.23. The first kappa shape index (κ1) is 19.1. The molecule has 1 aliphatic heterocycles. The van der Waals surface area contributed by atoms with Gasteiger partial charge in [0.15, 0.2) is 5.13 Å². The Morgan fingerprint density at radius 3 is 2.50 bits per heavy atom. The topological polar surface area (TPSA) is 54.5 Å². The number of thiazole rings is 1. The van der Waals surface area contributed by atoms with E-state index in [4.69, 9.17) is 9.72 Å². The van der Waals surface area contributed by atoms with Crippen LogP contribution in [0.1, 0.15) is 55.8 Å². The summed E-state index contributed by atoms with van der Waals surface area (Å²) in [6.07, 6.45) is 8.26. The molecule has 0 unspecified atom stereocenters. The van der Waals surface area contributed by atoms with Crippen molar-refractivity contribution in [3.8, 4) is 0 Å². The van der Waals surface area contributed by atoms with E-state index in [1.54, 1.807) is 11.3 Å². The molecule has 1 saturated heterocycles. The molecule has 1 aromatic heterocycles. The molecule has 0 radical (unpaired) electrons. The highest BCUT2D eigenvalue weighted by molar-refractivity contribution is 7.22. The Hall–Kier alpha value is -1.66. The van der Waals surface area contributed by atoms with Crippen LogP contribution < -0.4 is 10.2 Å². The van der Waals surface area contributed by atoms with Gasteiger partial charge >= 0.3 is 0 Å². The average molecular weight is 426 g/mol. The summed E-state index contributed by atoms with van der Waals surface area (Å²) in [6.45, 7) is 5.54. The molecule has 30 heavy (non-hydrogen) atoms. The van der Waals surface area contributed by atoms with Crippen LogP contribution in [0.25, 0.3) is 10.2 Å². The van der Waals surface area contributed by atoms with E-state index >= 15 is 0 Å². The zero-order chi connectivity index (χ0) is 20.3. The Balaban J connectivity index is 1.19. The third-order valence-corrected chi connectivity index (χ3v) is 9.35. The van der Waals surface area contributed by atoms with E-state index in [1.807, 2.05) is 18.2 Å². The van der Waals surface area contributed by atoms with Crippen molar-refractivity contribution < 1.29 is 9.53 Å². The van der Waals surface area contributed by atoms with Gasteiger partial charge in [-0.25, -0.2) is 4.98 Å². The van der Waals surface area contributed by atoms with Crippen LogP contribution in [0, 0.1) is 23.2 Å². The number of nitrogens with one attached hydrogen (secondary N) is 1. The first-order chi connectivity index (χ1) is 14.6. The van der Waals surface area contributed by atoms with Crippen LogP contribution in [-0.2, 0) is 4.74 Å². The first-order valence-corrected chi connectivity index (χ1v) is 12.4. The molecule has 1 aromatic carbocycles. The van der Waals surface area contributed by atoms with Crippen LogP contribution in [-0.4, -0.2) is 43.2 Å². The number of carbonyl (C=O) groups excluding carboxylic acids is 1. The van der Waals surface area contributed by atoms with Crippen molar-refractivity contribution in [1.29, 1.82) is 0 Å². The van der Waals surface area contributed by atoms with Crippen molar-refractivity contribution in [2.45, 2.75) is 51.5 Å². The SMILES string of the molecule is C[C@@H](NC(=O)c1ccc2nc(N3CCOCC3)sc2c1)C12CC3CC(CC(C3)C1)C2. The molecule has 0 spiro atoms. The summed E-state index contributed by atoms with van der Waals surface area (Å²) >= 11 is 1.68. The van der Waals surface area contributed by atoms with Gasteiger partial charge in [0.2, 0.25) is 0 Å². The zero-order valence-corrected chi connectivity index (χ0v) is 18.5. The fraction of sp³-hybridized carbons (Fsp3) is 0.667. The Labute approximate surface area is 182 Å². The highest BCUT2D eigenvalue weighted by Crippen LogP contribution is 2.61. The summed E-state index contributed by atoms with van der Waals surface area (Å²) in [5, 5.41) is 4.44. The lowest BCUT2D eigenvalue weighted by atomic mass is 9.48. The number of carbonyl (C=O) groups is 1. The lowest BCUT2D eigenvalue weighted by Gasteiger charge is -2.59. The summed E-state index contributed by atoms with van der Waals surface area (Å²) in [4.78, 5) is 20.2. The number of fused-ring (bicyclic) bond motifs is 1. The lowest BCUT2D eigenvalue weighted by molar-refractivity contribution is -0.0688. The van der Waals surface area contributed by atoms with Crippen molar-refractivity contribution in [1.82, 2.24) is 10.3 Å². The van der Waals surface area contributed by atoms with Gasteiger partial charge in [-0.15, -0.1) is 0 Å². The van der Waals surface area contributed by atoms with Gasteiger partial charge in [0.05, 0.1) is 23.4 Å².